The Morgan fingerprint density at radius 3 is 2.42 bits per heavy atom. The van der Waals surface area contributed by atoms with E-state index in [1.54, 1.807) is 24.3 Å². The molecule has 2 aromatic rings. The van der Waals surface area contributed by atoms with E-state index >= 15 is 0 Å². The van der Waals surface area contributed by atoms with E-state index in [0.29, 0.717) is 18.7 Å². The van der Waals surface area contributed by atoms with Crippen molar-refractivity contribution < 1.29 is 17.9 Å². The summed E-state index contributed by atoms with van der Waals surface area (Å²) in [6.07, 6.45) is 2.66. The van der Waals surface area contributed by atoms with Gasteiger partial charge in [-0.2, -0.15) is 0 Å². The minimum atomic E-state index is -3.44. The molecule has 0 aliphatic heterocycles. The molecule has 7 heteroatoms. The molecule has 0 fully saturated rings. The molecule has 1 amide bonds. The van der Waals surface area contributed by atoms with Crippen molar-refractivity contribution in [2.75, 3.05) is 24.1 Å². The van der Waals surface area contributed by atoms with Gasteiger partial charge in [0, 0.05) is 6.54 Å². The number of hydrogen-bond acceptors (Lipinski definition) is 4. The Labute approximate surface area is 154 Å². The first-order chi connectivity index (χ1) is 12.4. The first-order valence-corrected chi connectivity index (χ1v) is 10.3. The summed E-state index contributed by atoms with van der Waals surface area (Å²) in [5.41, 5.74) is 1.75. The number of amides is 1. The maximum atomic E-state index is 12.3. The number of rotatable bonds is 9. The van der Waals surface area contributed by atoms with Crippen molar-refractivity contribution >= 4 is 21.6 Å². The maximum absolute atomic E-state index is 12.3. The van der Waals surface area contributed by atoms with Crippen LogP contribution in [0.2, 0.25) is 0 Å². The number of benzene rings is 2. The highest BCUT2D eigenvalue weighted by molar-refractivity contribution is 7.92. The highest BCUT2D eigenvalue weighted by Gasteiger charge is 2.13. The van der Waals surface area contributed by atoms with Crippen LogP contribution in [0.5, 0.6) is 5.75 Å². The van der Waals surface area contributed by atoms with Crippen molar-refractivity contribution in [2.24, 2.45) is 0 Å². The molecule has 0 heterocycles. The van der Waals surface area contributed by atoms with E-state index in [0.717, 1.165) is 24.8 Å². The lowest BCUT2D eigenvalue weighted by molar-refractivity contribution is 0.0954. The van der Waals surface area contributed by atoms with Crippen LogP contribution in [0.25, 0.3) is 0 Å². The number of ether oxygens (including phenoxy) is 1. The molecule has 2 N–H and O–H groups in total. The Bertz CT molecular complexity index is 833. The Balaban J connectivity index is 1.85. The molecule has 0 atom stereocenters. The minimum Gasteiger partial charge on any atom is -0.494 e. The molecule has 2 aromatic carbocycles. The smallest absolute Gasteiger partial charge is 0.253 e. The van der Waals surface area contributed by atoms with Crippen LogP contribution in [0.15, 0.2) is 48.5 Å². The Hall–Kier alpha value is -2.54. The first kappa shape index (κ1) is 19.8. The molecule has 0 saturated heterocycles. The largest absolute Gasteiger partial charge is 0.494 e. The number of aryl methyl sites for hydroxylation is 1. The molecule has 26 heavy (non-hydrogen) atoms. The average molecular weight is 376 g/mol. The maximum Gasteiger partial charge on any atom is 0.253 e. The average Bonchev–Trinajstić information content (AvgIpc) is 2.59. The van der Waals surface area contributed by atoms with Crippen molar-refractivity contribution in [1.82, 2.24) is 5.32 Å². The lowest BCUT2D eigenvalue weighted by atomic mass is 10.1. The van der Waals surface area contributed by atoms with Gasteiger partial charge in [0.2, 0.25) is 10.0 Å². The highest BCUT2D eigenvalue weighted by Crippen LogP contribution is 2.16. The predicted octanol–water partition coefficient (Wildman–Crippen LogP) is 2.82. The van der Waals surface area contributed by atoms with Crippen LogP contribution in [0.1, 0.15) is 29.3 Å². The molecule has 0 radical (unpaired) electrons. The number of para-hydroxylation sites is 1. The van der Waals surface area contributed by atoms with Crippen LogP contribution < -0.4 is 14.8 Å². The van der Waals surface area contributed by atoms with Gasteiger partial charge < -0.3 is 10.1 Å². The molecule has 0 unspecified atom stereocenters. The number of carbonyl (C=O) groups excluding carboxylic acids is 1. The second-order valence-corrected chi connectivity index (χ2v) is 7.60. The summed E-state index contributed by atoms with van der Waals surface area (Å²) in [7, 11) is -3.44. The molecule has 0 aliphatic carbocycles. The molecule has 0 aliphatic rings. The zero-order valence-electron chi connectivity index (χ0n) is 15.0. The highest BCUT2D eigenvalue weighted by atomic mass is 32.2. The van der Waals surface area contributed by atoms with Crippen molar-refractivity contribution in [2.45, 2.75) is 19.8 Å². The normalized spacial score (nSPS) is 11.0. The second-order valence-electron chi connectivity index (χ2n) is 5.86. The lowest BCUT2D eigenvalue weighted by Crippen LogP contribution is -2.26. The van der Waals surface area contributed by atoms with E-state index in [-0.39, 0.29) is 11.6 Å². The monoisotopic (exact) mass is 376 g/mol. The van der Waals surface area contributed by atoms with E-state index in [9.17, 15) is 13.2 Å². The summed E-state index contributed by atoms with van der Waals surface area (Å²) in [6.45, 7) is 3.08. The van der Waals surface area contributed by atoms with Crippen LogP contribution in [-0.4, -0.2) is 33.7 Å². The number of sulfonamides is 1. The summed E-state index contributed by atoms with van der Waals surface area (Å²) in [6, 6.07) is 14.4. The van der Waals surface area contributed by atoms with Gasteiger partial charge in [-0.15, -0.1) is 0 Å². The summed E-state index contributed by atoms with van der Waals surface area (Å²) in [5, 5.41) is 2.83. The summed E-state index contributed by atoms with van der Waals surface area (Å²) < 4.78 is 30.6. The molecule has 140 valence electrons. The lowest BCUT2D eigenvalue weighted by Gasteiger charge is -2.11. The van der Waals surface area contributed by atoms with Gasteiger partial charge in [0.05, 0.1) is 24.1 Å². The van der Waals surface area contributed by atoms with Crippen LogP contribution in [0.4, 0.5) is 5.69 Å². The minimum absolute atomic E-state index is 0.277. The number of hydrogen-bond donors (Lipinski definition) is 2. The molecule has 6 nitrogen and oxygen atoms in total. The molecule has 0 bridgehead atoms. The van der Waals surface area contributed by atoms with Gasteiger partial charge in [-0.25, -0.2) is 8.42 Å². The van der Waals surface area contributed by atoms with Gasteiger partial charge >= 0.3 is 0 Å². The molecule has 0 spiro atoms. The van der Waals surface area contributed by atoms with Gasteiger partial charge in [0.1, 0.15) is 5.75 Å². The summed E-state index contributed by atoms with van der Waals surface area (Å²) in [5.74, 6) is 0.544. The van der Waals surface area contributed by atoms with E-state index in [4.69, 9.17) is 4.74 Å². The van der Waals surface area contributed by atoms with Gasteiger partial charge in [0.15, 0.2) is 0 Å². The zero-order valence-corrected chi connectivity index (χ0v) is 15.8. The summed E-state index contributed by atoms with van der Waals surface area (Å²) in [4.78, 5) is 12.3. The SMILES string of the molecule is CCOc1ccc(CCCNC(=O)c2ccccc2NS(C)(=O)=O)cc1. The third kappa shape index (κ3) is 6.40. The number of anilines is 1. The first-order valence-electron chi connectivity index (χ1n) is 8.46. The Kier molecular flexibility index (Phi) is 7.03. The third-order valence-corrected chi connectivity index (χ3v) is 4.22. The van der Waals surface area contributed by atoms with Gasteiger partial charge in [-0.05, 0) is 49.6 Å². The Morgan fingerprint density at radius 2 is 1.77 bits per heavy atom. The van der Waals surface area contributed by atoms with Gasteiger partial charge in [0.25, 0.3) is 5.91 Å². The fraction of sp³-hybridized carbons (Fsp3) is 0.316. The van der Waals surface area contributed by atoms with Crippen LogP contribution >= 0.6 is 0 Å². The number of nitrogens with one attached hydrogen (secondary N) is 2. The number of carbonyl (C=O) groups is 1. The quantitative estimate of drug-likeness (QED) is 0.659. The third-order valence-electron chi connectivity index (χ3n) is 3.63. The van der Waals surface area contributed by atoms with Crippen molar-refractivity contribution in [3.63, 3.8) is 0 Å². The Morgan fingerprint density at radius 1 is 1.08 bits per heavy atom. The standard InChI is InChI=1S/C19H24N2O4S/c1-3-25-16-12-10-15(11-13-16)7-6-14-20-19(22)17-8-4-5-9-18(17)21-26(2,23)24/h4-5,8-13,21H,3,6-7,14H2,1-2H3,(H,20,22). The molecular formula is C19H24N2O4S. The predicted molar refractivity (Wildman–Crippen MR) is 103 cm³/mol. The van der Waals surface area contributed by atoms with Crippen LogP contribution in [0.3, 0.4) is 0 Å². The fourth-order valence-corrected chi connectivity index (χ4v) is 3.06. The van der Waals surface area contributed by atoms with Crippen molar-refractivity contribution in [1.29, 1.82) is 0 Å². The summed E-state index contributed by atoms with van der Waals surface area (Å²) >= 11 is 0. The van der Waals surface area contributed by atoms with E-state index in [2.05, 4.69) is 10.0 Å². The van der Waals surface area contributed by atoms with Crippen molar-refractivity contribution in [3.8, 4) is 5.75 Å². The fourth-order valence-electron chi connectivity index (χ4n) is 2.48. The molecule has 0 aromatic heterocycles. The topological polar surface area (TPSA) is 84.5 Å². The van der Waals surface area contributed by atoms with E-state index in [1.807, 2.05) is 31.2 Å². The molecule has 0 saturated carbocycles. The van der Waals surface area contributed by atoms with E-state index < -0.39 is 10.0 Å². The van der Waals surface area contributed by atoms with E-state index in [1.165, 1.54) is 5.56 Å². The zero-order chi connectivity index (χ0) is 19.0. The van der Waals surface area contributed by atoms with Gasteiger partial charge in [-0.1, -0.05) is 24.3 Å². The second kappa shape index (κ2) is 9.24. The molecular weight excluding hydrogens is 352 g/mol. The van der Waals surface area contributed by atoms with Gasteiger partial charge in [-0.3, -0.25) is 9.52 Å². The van der Waals surface area contributed by atoms with Crippen LogP contribution in [0, 0.1) is 0 Å². The van der Waals surface area contributed by atoms with Crippen LogP contribution in [-0.2, 0) is 16.4 Å². The van der Waals surface area contributed by atoms with Crippen molar-refractivity contribution in [3.05, 3.63) is 59.7 Å². The molecule has 2 rings (SSSR count).